The third kappa shape index (κ3) is 5.18. The number of hydrogen-bond acceptors (Lipinski definition) is 3. The molecule has 5 nitrogen and oxygen atoms in total. The normalized spacial score (nSPS) is 16.9. The lowest BCUT2D eigenvalue weighted by molar-refractivity contribution is 0.415. The number of nitrogens with one attached hydrogen (secondary N) is 2. The monoisotopic (exact) mass is 380 g/mol. The average molecular weight is 381 g/mol. The highest BCUT2D eigenvalue weighted by Gasteiger charge is 2.23. The Bertz CT molecular complexity index is 790. The first-order valence-electron chi connectivity index (χ1n) is 10.1. The molecule has 1 fully saturated rings. The van der Waals surface area contributed by atoms with Crippen molar-refractivity contribution in [2.45, 2.75) is 26.3 Å². The summed E-state index contributed by atoms with van der Waals surface area (Å²) in [7, 11) is 3.55. The van der Waals surface area contributed by atoms with Crippen LogP contribution in [0.1, 0.15) is 24.5 Å². The maximum absolute atomic E-state index is 5.35. The third-order valence-corrected chi connectivity index (χ3v) is 5.43. The minimum atomic E-state index is 0.604. The van der Waals surface area contributed by atoms with Gasteiger partial charge in [0.15, 0.2) is 5.96 Å². The molecule has 1 heterocycles. The van der Waals surface area contributed by atoms with Gasteiger partial charge in [-0.1, -0.05) is 37.3 Å². The van der Waals surface area contributed by atoms with E-state index in [1.54, 1.807) is 7.11 Å². The molecule has 1 aliphatic rings. The highest BCUT2D eigenvalue weighted by atomic mass is 16.5. The van der Waals surface area contributed by atoms with Crippen LogP contribution in [0.15, 0.2) is 53.5 Å². The summed E-state index contributed by atoms with van der Waals surface area (Å²) in [6, 6.07) is 16.9. The predicted molar refractivity (Wildman–Crippen MR) is 117 cm³/mol. The van der Waals surface area contributed by atoms with E-state index < -0.39 is 0 Å². The molecule has 3 rings (SSSR count). The molecule has 2 N–H and O–H groups in total. The molecule has 1 atom stereocenters. The predicted octanol–water partition coefficient (Wildman–Crippen LogP) is 3.45. The van der Waals surface area contributed by atoms with Gasteiger partial charge in [-0.2, -0.15) is 0 Å². The largest absolute Gasteiger partial charge is 0.497 e. The van der Waals surface area contributed by atoms with Crippen LogP contribution in [-0.2, 0) is 13.0 Å². The molecule has 0 aliphatic carbocycles. The van der Waals surface area contributed by atoms with E-state index in [-0.39, 0.29) is 0 Å². The van der Waals surface area contributed by atoms with Gasteiger partial charge >= 0.3 is 0 Å². The highest BCUT2D eigenvalue weighted by Crippen LogP contribution is 2.26. The van der Waals surface area contributed by atoms with Crippen LogP contribution < -0.4 is 20.3 Å². The summed E-state index contributed by atoms with van der Waals surface area (Å²) in [5.74, 6) is 2.38. The molecule has 2 aromatic rings. The van der Waals surface area contributed by atoms with Crippen LogP contribution in [-0.4, -0.2) is 39.8 Å². The number of rotatable bonds is 7. The van der Waals surface area contributed by atoms with Gasteiger partial charge in [0, 0.05) is 45.0 Å². The number of aliphatic imine (C=N–C) groups is 1. The van der Waals surface area contributed by atoms with Gasteiger partial charge in [-0.05, 0) is 42.0 Å². The number of methoxy groups -OCH3 is 1. The van der Waals surface area contributed by atoms with Crippen molar-refractivity contribution in [1.29, 1.82) is 0 Å². The van der Waals surface area contributed by atoms with Gasteiger partial charge in [0.2, 0.25) is 0 Å². The van der Waals surface area contributed by atoms with Gasteiger partial charge < -0.3 is 20.3 Å². The van der Waals surface area contributed by atoms with Crippen molar-refractivity contribution in [3.63, 3.8) is 0 Å². The zero-order valence-corrected chi connectivity index (χ0v) is 17.2. The summed E-state index contributed by atoms with van der Waals surface area (Å²) in [6.45, 7) is 6.05. The van der Waals surface area contributed by atoms with E-state index in [0.29, 0.717) is 5.92 Å². The molecule has 1 unspecified atom stereocenters. The lowest BCUT2D eigenvalue weighted by Gasteiger charge is -2.20. The molecule has 0 saturated carbocycles. The van der Waals surface area contributed by atoms with Crippen molar-refractivity contribution in [2.75, 3.05) is 38.7 Å². The summed E-state index contributed by atoms with van der Waals surface area (Å²) in [5.41, 5.74) is 3.95. The number of hydrogen-bond donors (Lipinski definition) is 2. The number of nitrogens with zero attached hydrogens (tertiary/aromatic N) is 2. The van der Waals surface area contributed by atoms with Crippen LogP contribution >= 0.6 is 0 Å². The molecular weight excluding hydrogens is 348 g/mol. The van der Waals surface area contributed by atoms with Gasteiger partial charge in [0.1, 0.15) is 5.75 Å². The second kappa shape index (κ2) is 10.0. The summed E-state index contributed by atoms with van der Waals surface area (Å²) < 4.78 is 5.35. The molecule has 1 aliphatic heterocycles. The van der Waals surface area contributed by atoms with Crippen LogP contribution in [0.3, 0.4) is 0 Å². The van der Waals surface area contributed by atoms with E-state index in [9.17, 15) is 0 Å². The highest BCUT2D eigenvalue weighted by molar-refractivity contribution is 5.79. The van der Waals surface area contributed by atoms with Crippen LogP contribution in [0.25, 0.3) is 0 Å². The number of guanidine groups is 1. The minimum absolute atomic E-state index is 0.604. The maximum Gasteiger partial charge on any atom is 0.191 e. The van der Waals surface area contributed by atoms with Gasteiger partial charge in [-0.3, -0.25) is 4.99 Å². The summed E-state index contributed by atoms with van der Waals surface area (Å²) in [4.78, 5) is 6.82. The standard InChI is InChI=1S/C23H32N4O/c1-4-19-8-5-6-9-20(19)16-26-23(24-2)25-15-18-12-13-27(17-18)21-10-7-11-22(14-21)28-3/h5-11,14,18H,4,12-13,15-17H2,1-3H3,(H2,24,25,26). The van der Waals surface area contributed by atoms with Crippen molar-refractivity contribution in [2.24, 2.45) is 10.9 Å². The SMILES string of the molecule is CCc1ccccc1CNC(=NC)NCC1CCN(c2cccc(OC)c2)C1. The molecular formula is C23H32N4O. The van der Waals surface area contributed by atoms with Crippen molar-refractivity contribution >= 4 is 11.6 Å². The van der Waals surface area contributed by atoms with Gasteiger partial charge in [0.25, 0.3) is 0 Å². The third-order valence-electron chi connectivity index (χ3n) is 5.43. The first-order valence-corrected chi connectivity index (χ1v) is 10.1. The Morgan fingerprint density at radius 3 is 2.71 bits per heavy atom. The van der Waals surface area contributed by atoms with Crippen LogP contribution in [0.4, 0.5) is 5.69 Å². The molecule has 0 spiro atoms. The molecule has 1 saturated heterocycles. The Hall–Kier alpha value is -2.69. The molecule has 5 heteroatoms. The van der Waals surface area contributed by atoms with Crippen molar-refractivity contribution in [3.8, 4) is 5.75 Å². The van der Waals surface area contributed by atoms with E-state index >= 15 is 0 Å². The Morgan fingerprint density at radius 2 is 1.96 bits per heavy atom. The zero-order chi connectivity index (χ0) is 19.8. The summed E-state index contributed by atoms with van der Waals surface area (Å²) in [5, 5.41) is 6.95. The van der Waals surface area contributed by atoms with Crippen molar-refractivity contribution < 1.29 is 4.74 Å². The lowest BCUT2D eigenvalue weighted by Crippen LogP contribution is -2.40. The fraction of sp³-hybridized carbons (Fsp3) is 0.435. The lowest BCUT2D eigenvalue weighted by atomic mass is 10.1. The Morgan fingerprint density at radius 1 is 1.14 bits per heavy atom. The fourth-order valence-corrected chi connectivity index (χ4v) is 3.76. The topological polar surface area (TPSA) is 48.9 Å². The summed E-state index contributed by atoms with van der Waals surface area (Å²) >= 11 is 0. The molecule has 0 bridgehead atoms. The Balaban J connectivity index is 1.48. The molecule has 0 radical (unpaired) electrons. The fourth-order valence-electron chi connectivity index (χ4n) is 3.76. The average Bonchev–Trinajstić information content (AvgIpc) is 3.23. The maximum atomic E-state index is 5.35. The Kier molecular flexibility index (Phi) is 7.18. The van der Waals surface area contributed by atoms with E-state index in [2.05, 4.69) is 69.9 Å². The smallest absolute Gasteiger partial charge is 0.191 e. The zero-order valence-electron chi connectivity index (χ0n) is 17.2. The number of anilines is 1. The van der Waals surface area contributed by atoms with E-state index in [1.165, 1.54) is 23.2 Å². The minimum Gasteiger partial charge on any atom is -0.497 e. The van der Waals surface area contributed by atoms with Crippen LogP contribution in [0.5, 0.6) is 5.75 Å². The van der Waals surface area contributed by atoms with Crippen LogP contribution in [0.2, 0.25) is 0 Å². The first kappa shape index (κ1) is 20.1. The van der Waals surface area contributed by atoms with E-state index in [4.69, 9.17) is 4.74 Å². The second-order valence-corrected chi connectivity index (χ2v) is 7.23. The van der Waals surface area contributed by atoms with Crippen LogP contribution in [0, 0.1) is 5.92 Å². The summed E-state index contributed by atoms with van der Waals surface area (Å²) in [6.07, 6.45) is 2.23. The van der Waals surface area contributed by atoms with Gasteiger partial charge in [-0.25, -0.2) is 0 Å². The van der Waals surface area contributed by atoms with Crippen molar-refractivity contribution in [1.82, 2.24) is 10.6 Å². The molecule has 150 valence electrons. The number of benzene rings is 2. The van der Waals surface area contributed by atoms with Crippen molar-refractivity contribution in [3.05, 3.63) is 59.7 Å². The number of aryl methyl sites for hydroxylation is 1. The molecule has 2 aromatic carbocycles. The van der Waals surface area contributed by atoms with E-state index in [0.717, 1.165) is 44.3 Å². The van der Waals surface area contributed by atoms with E-state index in [1.807, 2.05) is 13.1 Å². The molecule has 0 aromatic heterocycles. The Labute approximate surface area is 168 Å². The quantitative estimate of drug-likeness (QED) is 0.571. The molecule has 0 amide bonds. The second-order valence-electron chi connectivity index (χ2n) is 7.23. The van der Waals surface area contributed by atoms with Gasteiger partial charge in [-0.15, -0.1) is 0 Å². The molecule has 28 heavy (non-hydrogen) atoms. The van der Waals surface area contributed by atoms with Gasteiger partial charge in [0.05, 0.1) is 7.11 Å². The first-order chi connectivity index (χ1) is 13.7. The number of ether oxygens (including phenoxy) is 1.